The molecule has 0 amide bonds. The minimum absolute atomic E-state index is 0.0846. The number of rotatable bonds is 6. The van der Waals surface area contributed by atoms with Crippen molar-refractivity contribution >= 4 is 38.8 Å². The monoisotopic (exact) mass is 334 g/mol. The molecule has 1 aromatic rings. The summed E-state index contributed by atoms with van der Waals surface area (Å²) in [6.07, 6.45) is 0.732. The van der Waals surface area contributed by atoms with Gasteiger partial charge in [0.1, 0.15) is 9.88 Å². The van der Waals surface area contributed by atoms with Gasteiger partial charge < -0.3 is 5.73 Å². The van der Waals surface area contributed by atoms with Crippen LogP contribution in [-0.4, -0.2) is 30.3 Å². The summed E-state index contributed by atoms with van der Waals surface area (Å²) in [5.41, 5.74) is 6.06. The van der Waals surface area contributed by atoms with Crippen LogP contribution in [0.3, 0.4) is 0 Å². The van der Waals surface area contributed by atoms with E-state index in [2.05, 4.69) is 0 Å². The summed E-state index contributed by atoms with van der Waals surface area (Å²) in [7, 11) is -3.62. The molecule has 0 fully saturated rings. The van der Waals surface area contributed by atoms with Gasteiger partial charge in [0.2, 0.25) is 10.0 Å². The van der Waals surface area contributed by atoms with Crippen LogP contribution in [0.25, 0.3) is 0 Å². The molecule has 0 saturated carbocycles. The molecule has 0 aliphatic heterocycles. The van der Waals surface area contributed by atoms with Crippen LogP contribution in [0.5, 0.6) is 0 Å². The molecule has 0 radical (unpaired) electrons. The summed E-state index contributed by atoms with van der Waals surface area (Å²) < 4.78 is 26.7. The second-order valence-electron chi connectivity index (χ2n) is 4.48. The number of nitrogens with two attached hydrogens (primary N) is 1. The zero-order valence-electron chi connectivity index (χ0n) is 11.8. The number of benzene rings is 1. The van der Waals surface area contributed by atoms with Gasteiger partial charge >= 0.3 is 0 Å². The Kier molecular flexibility index (Phi) is 5.94. The van der Waals surface area contributed by atoms with E-state index in [0.29, 0.717) is 12.1 Å². The Morgan fingerprint density at radius 2 is 2.05 bits per heavy atom. The van der Waals surface area contributed by atoms with Crippen molar-refractivity contribution in [2.45, 2.75) is 38.1 Å². The fourth-order valence-corrected chi connectivity index (χ4v) is 4.27. The second kappa shape index (κ2) is 6.85. The molecule has 0 bridgehead atoms. The molecule has 1 rings (SSSR count). The lowest BCUT2D eigenvalue weighted by Crippen LogP contribution is -2.38. The van der Waals surface area contributed by atoms with Crippen molar-refractivity contribution in [1.29, 1.82) is 0 Å². The SMILES string of the molecule is CCC(C)N(CC)S(=O)(=O)c1ccc(C(N)=S)cc1Cl. The predicted octanol–water partition coefficient (Wildman–Crippen LogP) is 2.78. The van der Waals surface area contributed by atoms with E-state index in [1.54, 1.807) is 13.0 Å². The third-order valence-corrected chi connectivity index (χ3v) is 6.00. The predicted molar refractivity (Wildman–Crippen MR) is 86.7 cm³/mol. The van der Waals surface area contributed by atoms with Crippen LogP contribution in [0.4, 0.5) is 0 Å². The number of thiocarbonyl (C=S) groups is 1. The normalized spacial score (nSPS) is 13.4. The Morgan fingerprint density at radius 1 is 1.45 bits per heavy atom. The number of sulfonamides is 1. The average Bonchev–Trinajstić information content (AvgIpc) is 2.38. The van der Waals surface area contributed by atoms with E-state index < -0.39 is 10.0 Å². The van der Waals surface area contributed by atoms with Gasteiger partial charge in [-0.2, -0.15) is 4.31 Å². The van der Waals surface area contributed by atoms with E-state index in [1.807, 2.05) is 13.8 Å². The molecule has 7 heteroatoms. The van der Waals surface area contributed by atoms with Crippen molar-refractivity contribution in [2.24, 2.45) is 5.73 Å². The maximum Gasteiger partial charge on any atom is 0.244 e. The Hall–Kier alpha value is -0.690. The highest BCUT2D eigenvalue weighted by molar-refractivity contribution is 7.89. The largest absolute Gasteiger partial charge is 0.389 e. The highest BCUT2D eigenvalue weighted by atomic mass is 35.5. The van der Waals surface area contributed by atoms with E-state index in [9.17, 15) is 8.42 Å². The molecule has 0 heterocycles. The van der Waals surface area contributed by atoms with Gasteiger partial charge in [-0.1, -0.05) is 43.7 Å². The van der Waals surface area contributed by atoms with Crippen LogP contribution in [0.15, 0.2) is 23.1 Å². The molecule has 0 spiro atoms. The lowest BCUT2D eigenvalue weighted by Gasteiger charge is -2.26. The first kappa shape index (κ1) is 17.4. The molecule has 0 saturated heterocycles. The molecule has 1 atom stereocenters. The minimum Gasteiger partial charge on any atom is -0.389 e. The Bertz CT molecular complexity index is 602. The van der Waals surface area contributed by atoms with E-state index in [1.165, 1.54) is 16.4 Å². The van der Waals surface area contributed by atoms with Gasteiger partial charge in [0.25, 0.3) is 0 Å². The first-order valence-electron chi connectivity index (χ1n) is 6.36. The summed E-state index contributed by atoms with van der Waals surface area (Å²) in [6.45, 7) is 6.02. The molecule has 1 unspecified atom stereocenters. The third kappa shape index (κ3) is 3.49. The number of nitrogens with zero attached hydrogens (tertiary/aromatic N) is 1. The van der Waals surface area contributed by atoms with Crippen molar-refractivity contribution in [3.8, 4) is 0 Å². The zero-order valence-corrected chi connectivity index (χ0v) is 14.1. The minimum atomic E-state index is -3.62. The van der Waals surface area contributed by atoms with E-state index in [-0.39, 0.29) is 20.9 Å². The highest BCUT2D eigenvalue weighted by Gasteiger charge is 2.28. The molecule has 0 aliphatic rings. The van der Waals surface area contributed by atoms with Gasteiger partial charge in [-0.05, 0) is 25.5 Å². The lowest BCUT2D eigenvalue weighted by molar-refractivity contribution is 0.342. The van der Waals surface area contributed by atoms with Crippen LogP contribution in [-0.2, 0) is 10.0 Å². The molecular weight excluding hydrogens is 316 g/mol. The van der Waals surface area contributed by atoms with Crippen LogP contribution >= 0.6 is 23.8 Å². The first-order chi connectivity index (χ1) is 9.25. The molecule has 112 valence electrons. The fraction of sp³-hybridized carbons (Fsp3) is 0.462. The van der Waals surface area contributed by atoms with Crippen molar-refractivity contribution in [2.75, 3.05) is 6.54 Å². The van der Waals surface area contributed by atoms with Crippen LogP contribution in [0.1, 0.15) is 32.8 Å². The summed E-state index contributed by atoms with van der Waals surface area (Å²) in [6, 6.07) is 4.43. The Labute approximate surface area is 131 Å². The van der Waals surface area contributed by atoms with E-state index in [4.69, 9.17) is 29.6 Å². The zero-order chi connectivity index (χ0) is 15.5. The third-order valence-electron chi connectivity index (χ3n) is 3.20. The molecule has 4 nitrogen and oxygen atoms in total. The first-order valence-corrected chi connectivity index (χ1v) is 8.59. The summed E-state index contributed by atoms with van der Waals surface area (Å²) >= 11 is 10.9. The maximum atomic E-state index is 12.6. The van der Waals surface area contributed by atoms with Crippen molar-refractivity contribution < 1.29 is 8.42 Å². The van der Waals surface area contributed by atoms with E-state index >= 15 is 0 Å². The van der Waals surface area contributed by atoms with Crippen molar-refractivity contribution in [1.82, 2.24) is 4.31 Å². The van der Waals surface area contributed by atoms with Gasteiger partial charge in [0.05, 0.1) is 5.02 Å². The van der Waals surface area contributed by atoms with Gasteiger partial charge in [0.15, 0.2) is 0 Å². The van der Waals surface area contributed by atoms with Crippen LogP contribution in [0, 0.1) is 0 Å². The van der Waals surface area contributed by atoms with Crippen LogP contribution in [0.2, 0.25) is 5.02 Å². The van der Waals surface area contributed by atoms with Crippen molar-refractivity contribution in [3.05, 3.63) is 28.8 Å². The quantitative estimate of drug-likeness (QED) is 0.812. The van der Waals surface area contributed by atoms with Gasteiger partial charge in [0, 0.05) is 18.2 Å². The summed E-state index contributed by atoms with van der Waals surface area (Å²) in [5.74, 6) is 0. The molecular formula is C13H19ClN2O2S2. The molecule has 0 aliphatic carbocycles. The molecule has 1 aromatic carbocycles. The van der Waals surface area contributed by atoms with Crippen molar-refractivity contribution in [3.63, 3.8) is 0 Å². The van der Waals surface area contributed by atoms with Gasteiger partial charge in [-0.3, -0.25) is 0 Å². The molecule has 0 aromatic heterocycles. The van der Waals surface area contributed by atoms with Crippen LogP contribution < -0.4 is 5.73 Å². The smallest absolute Gasteiger partial charge is 0.244 e. The van der Waals surface area contributed by atoms with Gasteiger partial charge in [-0.15, -0.1) is 0 Å². The Morgan fingerprint density at radius 3 is 2.45 bits per heavy atom. The van der Waals surface area contributed by atoms with E-state index in [0.717, 1.165) is 6.42 Å². The maximum absolute atomic E-state index is 12.6. The molecule has 2 N–H and O–H groups in total. The fourth-order valence-electron chi connectivity index (χ4n) is 1.91. The van der Waals surface area contributed by atoms with Gasteiger partial charge in [-0.25, -0.2) is 8.42 Å². The summed E-state index contributed by atoms with van der Waals surface area (Å²) in [4.78, 5) is 0.270. The highest BCUT2D eigenvalue weighted by Crippen LogP contribution is 2.27. The second-order valence-corrected chi connectivity index (χ2v) is 7.18. The number of hydrogen-bond acceptors (Lipinski definition) is 3. The lowest BCUT2D eigenvalue weighted by atomic mass is 10.2. The average molecular weight is 335 g/mol. The summed E-state index contributed by atoms with van der Waals surface area (Å²) in [5, 5.41) is 0.136. The number of halogens is 1. The topological polar surface area (TPSA) is 63.4 Å². The standard InChI is InChI=1S/C13H19ClN2O2S2/c1-4-9(3)16(5-2)20(17,18)12-7-6-10(13(15)19)8-11(12)14/h6-9H,4-5H2,1-3H3,(H2,15,19). The number of hydrogen-bond donors (Lipinski definition) is 1. The molecule has 20 heavy (non-hydrogen) atoms. The Balaban J connectivity index is 3.31.